The van der Waals surface area contributed by atoms with Crippen LogP contribution in [0.4, 0.5) is 0 Å². The number of hydrogen-bond donors (Lipinski definition) is 1. The maximum absolute atomic E-state index is 5.99. The van der Waals surface area contributed by atoms with Gasteiger partial charge in [0.15, 0.2) is 5.96 Å². The second-order valence-corrected chi connectivity index (χ2v) is 8.08. The normalized spacial score (nSPS) is 16.5. The molecule has 1 aromatic rings. The molecule has 0 amide bonds. The molecule has 1 aliphatic heterocycles. The summed E-state index contributed by atoms with van der Waals surface area (Å²) in [5, 5.41) is 0. The monoisotopic (exact) mass is 509 g/mol. The zero-order chi connectivity index (χ0) is 12.1. The third-order valence-electron chi connectivity index (χ3n) is 2.60. The van der Waals surface area contributed by atoms with Crippen molar-refractivity contribution in [3.63, 3.8) is 0 Å². The van der Waals surface area contributed by atoms with E-state index in [0.29, 0.717) is 0 Å². The van der Waals surface area contributed by atoms with Gasteiger partial charge in [-0.3, -0.25) is 4.99 Å². The lowest BCUT2D eigenvalue weighted by Crippen LogP contribution is -2.42. The summed E-state index contributed by atoms with van der Waals surface area (Å²) in [4.78, 5) is 8.05. The summed E-state index contributed by atoms with van der Waals surface area (Å²) in [6, 6.07) is 4.32. The first-order chi connectivity index (χ1) is 8.25. The number of thiophene rings is 1. The molecule has 1 aliphatic rings. The first kappa shape index (κ1) is 16.8. The number of aliphatic imine (C=N–C) groups is 1. The Labute approximate surface area is 147 Å². The zero-order valence-electron chi connectivity index (χ0n) is 9.97. The van der Waals surface area contributed by atoms with Crippen LogP contribution in [0.1, 0.15) is 4.88 Å². The lowest BCUT2D eigenvalue weighted by molar-refractivity contribution is 0.456. The Balaban J connectivity index is 0.00000162. The fourth-order valence-electron chi connectivity index (χ4n) is 1.66. The van der Waals surface area contributed by atoms with Crippen molar-refractivity contribution in [3.8, 4) is 0 Å². The fourth-order valence-corrected chi connectivity index (χ4v) is 4.31. The van der Waals surface area contributed by atoms with Gasteiger partial charge in [0.25, 0.3) is 0 Å². The third kappa shape index (κ3) is 5.41. The van der Waals surface area contributed by atoms with Crippen molar-refractivity contribution in [1.82, 2.24) is 4.90 Å². The van der Waals surface area contributed by atoms with Gasteiger partial charge in [-0.2, -0.15) is 11.8 Å². The number of hydrogen-bond acceptors (Lipinski definition) is 3. The maximum Gasteiger partial charge on any atom is 0.191 e. The molecule has 0 radical (unpaired) electrons. The Kier molecular flexibility index (Phi) is 8.28. The summed E-state index contributed by atoms with van der Waals surface area (Å²) in [6.45, 7) is 2.87. The van der Waals surface area contributed by atoms with E-state index in [1.54, 1.807) is 0 Å². The Morgan fingerprint density at radius 2 is 2.11 bits per heavy atom. The molecule has 0 saturated carbocycles. The van der Waals surface area contributed by atoms with Gasteiger partial charge < -0.3 is 10.6 Å². The van der Waals surface area contributed by atoms with E-state index in [-0.39, 0.29) is 24.0 Å². The van der Waals surface area contributed by atoms with E-state index in [1.807, 2.05) is 23.1 Å². The van der Waals surface area contributed by atoms with E-state index in [2.05, 4.69) is 44.6 Å². The van der Waals surface area contributed by atoms with E-state index in [9.17, 15) is 0 Å². The van der Waals surface area contributed by atoms with Crippen LogP contribution in [0.15, 0.2) is 17.1 Å². The van der Waals surface area contributed by atoms with Crippen LogP contribution in [0.5, 0.6) is 0 Å². The van der Waals surface area contributed by atoms with Crippen molar-refractivity contribution in [2.45, 2.75) is 6.42 Å². The molecule has 2 rings (SSSR count). The Hall–Kier alpha value is 0.780. The Bertz CT molecular complexity index is 389. The number of nitrogens with two attached hydrogens (primary N) is 1. The van der Waals surface area contributed by atoms with Gasteiger partial charge in [0, 0.05) is 42.4 Å². The van der Waals surface area contributed by atoms with E-state index < -0.39 is 0 Å². The molecule has 0 unspecified atom stereocenters. The molecule has 1 saturated heterocycles. The number of thioether (sulfide) groups is 1. The molecular weight excluding hydrogens is 492 g/mol. The summed E-state index contributed by atoms with van der Waals surface area (Å²) >= 11 is 6.17. The van der Waals surface area contributed by atoms with Gasteiger partial charge in [-0.05, 0) is 34.7 Å². The van der Waals surface area contributed by atoms with Gasteiger partial charge in [-0.25, -0.2) is 0 Å². The van der Waals surface area contributed by atoms with Crippen molar-refractivity contribution in [2.75, 3.05) is 31.1 Å². The first-order valence-electron chi connectivity index (χ1n) is 5.62. The second-order valence-electron chi connectivity index (χ2n) is 3.80. The minimum atomic E-state index is 0. The molecule has 18 heavy (non-hydrogen) atoms. The molecule has 0 aromatic carbocycles. The molecule has 102 valence electrons. The molecule has 1 fully saturated rings. The Morgan fingerprint density at radius 3 is 2.72 bits per heavy atom. The molecule has 7 heteroatoms. The van der Waals surface area contributed by atoms with Crippen molar-refractivity contribution in [1.29, 1.82) is 0 Å². The highest BCUT2D eigenvalue weighted by molar-refractivity contribution is 14.1. The highest BCUT2D eigenvalue weighted by Gasteiger charge is 2.11. The zero-order valence-corrected chi connectivity index (χ0v) is 16.1. The predicted molar refractivity (Wildman–Crippen MR) is 102 cm³/mol. The third-order valence-corrected chi connectivity index (χ3v) is 5.49. The van der Waals surface area contributed by atoms with Crippen LogP contribution in [0.3, 0.4) is 0 Å². The summed E-state index contributed by atoms with van der Waals surface area (Å²) in [6.07, 6.45) is 0.997. The summed E-state index contributed by atoms with van der Waals surface area (Å²) in [7, 11) is 0. The standard InChI is InChI=1S/C11H16IN3S2.HI/c12-10-2-1-9(17-10)3-4-14-11(13)15-5-7-16-8-6-15;/h1-2H,3-8H2,(H2,13,14);1H. The lowest BCUT2D eigenvalue weighted by atomic mass is 10.3. The summed E-state index contributed by atoms with van der Waals surface area (Å²) in [5.74, 6) is 3.05. The van der Waals surface area contributed by atoms with Crippen molar-refractivity contribution >= 4 is 75.6 Å². The average Bonchev–Trinajstić information content (AvgIpc) is 2.76. The molecule has 0 aliphatic carbocycles. The van der Waals surface area contributed by atoms with Gasteiger partial charge in [0.05, 0.1) is 2.88 Å². The lowest BCUT2D eigenvalue weighted by Gasteiger charge is -2.27. The van der Waals surface area contributed by atoms with Crippen LogP contribution >= 0.6 is 69.7 Å². The van der Waals surface area contributed by atoms with E-state index in [4.69, 9.17) is 5.73 Å². The molecule has 1 aromatic heterocycles. The smallest absolute Gasteiger partial charge is 0.191 e. The second kappa shape index (κ2) is 8.85. The van der Waals surface area contributed by atoms with Gasteiger partial charge in [0.2, 0.25) is 0 Å². The molecule has 0 atom stereocenters. The van der Waals surface area contributed by atoms with Gasteiger partial charge in [0.1, 0.15) is 0 Å². The highest BCUT2D eigenvalue weighted by Crippen LogP contribution is 2.18. The van der Waals surface area contributed by atoms with Crippen molar-refractivity contribution in [2.24, 2.45) is 10.7 Å². The van der Waals surface area contributed by atoms with Crippen LogP contribution in [0.25, 0.3) is 0 Å². The minimum absolute atomic E-state index is 0. The molecule has 0 bridgehead atoms. The summed E-state index contributed by atoms with van der Waals surface area (Å²) in [5.41, 5.74) is 5.99. The highest BCUT2D eigenvalue weighted by atomic mass is 127. The van der Waals surface area contributed by atoms with E-state index in [1.165, 1.54) is 19.3 Å². The van der Waals surface area contributed by atoms with Crippen LogP contribution < -0.4 is 5.73 Å². The molecular formula is C11H17I2N3S2. The van der Waals surface area contributed by atoms with Gasteiger partial charge in [-0.1, -0.05) is 0 Å². The predicted octanol–water partition coefficient (Wildman–Crippen LogP) is 2.88. The quantitative estimate of drug-likeness (QED) is 0.388. The summed E-state index contributed by atoms with van der Waals surface area (Å²) < 4.78 is 1.34. The SMILES string of the molecule is I.NC(=NCCc1ccc(I)s1)N1CCSCC1. The Morgan fingerprint density at radius 1 is 1.39 bits per heavy atom. The van der Waals surface area contributed by atoms with E-state index >= 15 is 0 Å². The van der Waals surface area contributed by atoms with E-state index in [0.717, 1.165) is 32.0 Å². The van der Waals surface area contributed by atoms with Crippen molar-refractivity contribution < 1.29 is 0 Å². The van der Waals surface area contributed by atoms with Crippen LogP contribution in [-0.4, -0.2) is 42.0 Å². The minimum Gasteiger partial charge on any atom is -0.370 e. The number of nitrogens with zero attached hydrogens (tertiary/aromatic N) is 2. The largest absolute Gasteiger partial charge is 0.370 e. The van der Waals surface area contributed by atoms with Crippen molar-refractivity contribution in [3.05, 3.63) is 19.9 Å². The molecule has 2 N–H and O–H groups in total. The topological polar surface area (TPSA) is 41.6 Å². The molecule has 0 spiro atoms. The molecule has 3 nitrogen and oxygen atoms in total. The number of guanidine groups is 1. The van der Waals surface area contributed by atoms with Crippen LogP contribution in [0, 0.1) is 2.88 Å². The fraction of sp³-hybridized carbons (Fsp3) is 0.545. The maximum atomic E-state index is 5.99. The number of halogens is 2. The van der Waals surface area contributed by atoms with Gasteiger partial charge >= 0.3 is 0 Å². The average molecular weight is 509 g/mol. The van der Waals surface area contributed by atoms with Crippen LogP contribution in [-0.2, 0) is 6.42 Å². The van der Waals surface area contributed by atoms with Gasteiger partial charge in [-0.15, -0.1) is 35.3 Å². The number of rotatable bonds is 3. The molecule has 2 heterocycles. The first-order valence-corrected chi connectivity index (χ1v) is 8.67. The van der Waals surface area contributed by atoms with Crippen LogP contribution in [0.2, 0.25) is 0 Å².